The van der Waals surface area contributed by atoms with Gasteiger partial charge in [0.25, 0.3) is 5.91 Å². The summed E-state index contributed by atoms with van der Waals surface area (Å²) in [6, 6.07) is 11.2. The van der Waals surface area contributed by atoms with Gasteiger partial charge < -0.3 is 15.0 Å². The first kappa shape index (κ1) is 24.3. The van der Waals surface area contributed by atoms with Crippen LogP contribution in [0, 0.1) is 5.92 Å². The van der Waals surface area contributed by atoms with Crippen molar-refractivity contribution in [2.75, 3.05) is 13.2 Å². The maximum atomic E-state index is 13.0. The SMILES string of the molecule is CC(C)CNC(=O)[C@@H](C)N(Cc1ccc(Cl)cc1)C(=O)COc1ccc(Cl)cc1Cl. The minimum absolute atomic E-state index is 0.226. The number of hydrogen-bond acceptors (Lipinski definition) is 3. The third-order valence-electron chi connectivity index (χ3n) is 4.36. The minimum atomic E-state index is -0.684. The molecule has 8 heteroatoms. The van der Waals surface area contributed by atoms with E-state index in [2.05, 4.69) is 5.32 Å². The largest absolute Gasteiger partial charge is 0.482 e. The molecular formula is C22H25Cl3N2O3. The number of ether oxygens (including phenoxy) is 1. The van der Waals surface area contributed by atoms with Crippen molar-refractivity contribution in [1.82, 2.24) is 10.2 Å². The molecule has 1 atom stereocenters. The van der Waals surface area contributed by atoms with E-state index >= 15 is 0 Å². The van der Waals surface area contributed by atoms with Crippen LogP contribution in [0.5, 0.6) is 5.75 Å². The van der Waals surface area contributed by atoms with Crippen LogP contribution < -0.4 is 10.1 Å². The summed E-state index contributed by atoms with van der Waals surface area (Å²) in [5.74, 6) is 0.0772. The highest BCUT2D eigenvalue weighted by molar-refractivity contribution is 6.35. The highest BCUT2D eigenvalue weighted by Crippen LogP contribution is 2.27. The standard InChI is InChI=1S/C22H25Cl3N2O3/c1-14(2)11-26-22(29)15(3)27(12-16-4-6-17(23)7-5-16)21(28)13-30-20-9-8-18(24)10-19(20)25/h4-10,14-15H,11-13H2,1-3H3,(H,26,29)/t15-/m1/s1. The highest BCUT2D eigenvalue weighted by Gasteiger charge is 2.26. The molecule has 1 N–H and O–H groups in total. The lowest BCUT2D eigenvalue weighted by atomic mass is 10.1. The molecule has 2 aromatic carbocycles. The smallest absolute Gasteiger partial charge is 0.261 e. The predicted molar refractivity (Wildman–Crippen MR) is 121 cm³/mol. The van der Waals surface area contributed by atoms with Crippen LogP contribution in [0.4, 0.5) is 0 Å². The number of benzene rings is 2. The van der Waals surface area contributed by atoms with E-state index in [1.807, 2.05) is 26.0 Å². The van der Waals surface area contributed by atoms with E-state index < -0.39 is 6.04 Å². The van der Waals surface area contributed by atoms with Crippen LogP contribution in [-0.2, 0) is 16.1 Å². The van der Waals surface area contributed by atoms with E-state index in [1.165, 1.54) is 11.0 Å². The minimum Gasteiger partial charge on any atom is -0.482 e. The van der Waals surface area contributed by atoms with Crippen molar-refractivity contribution in [3.8, 4) is 5.75 Å². The Bertz CT molecular complexity index is 872. The third kappa shape index (κ3) is 7.38. The summed E-state index contributed by atoms with van der Waals surface area (Å²) < 4.78 is 5.58. The maximum absolute atomic E-state index is 13.0. The molecule has 0 aliphatic carbocycles. The zero-order chi connectivity index (χ0) is 22.3. The van der Waals surface area contributed by atoms with Gasteiger partial charge in [-0.15, -0.1) is 0 Å². The van der Waals surface area contributed by atoms with Crippen LogP contribution in [0.3, 0.4) is 0 Å². The molecule has 0 fully saturated rings. The number of nitrogens with zero attached hydrogens (tertiary/aromatic N) is 1. The van der Waals surface area contributed by atoms with Gasteiger partial charge in [-0.05, 0) is 48.7 Å². The van der Waals surface area contributed by atoms with Gasteiger partial charge in [0.15, 0.2) is 6.61 Å². The molecule has 162 valence electrons. The average Bonchev–Trinajstić information content (AvgIpc) is 2.70. The fourth-order valence-corrected chi connectivity index (χ4v) is 3.23. The summed E-state index contributed by atoms with van der Waals surface area (Å²) in [6.45, 7) is 6.21. The molecule has 2 aromatic rings. The molecule has 0 heterocycles. The second kappa shape index (κ2) is 11.4. The van der Waals surface area contributed by atoms with Crippen molar-refractivity contribution in [1.29, 1.82) is 0 Å². The van der Waals surface area contributed by atoms with Gasteiger partial charge in [0, 0.05) is 23.1 Å². The monoisotopic (exact) mass is 470 g/mol. The first-order valence-electron chi connectivity index (χ1n) is 9.57. The number of hydrogen-bond donors (Lipinski definition) is 1. The van der Waals surface area contributed by atoms with E-state index in [0.29, 0.717) is 33.3 Å². The molecule has 2 amide bonds. The summed E-state index contributed by atoms with van der Waals surface area (Å²) in [6.07, 6.45) is 0. The molecule has 0 aliphatic heterocycles. The van der Waals surface area contributed by atoms with E-state index in [4.69, 9.17) is 39.5 Å². The van der Waals surface area contributed by atoms with Gasteiger partial charge in [0.1, 0.15) is 11.8 Å². The lowest BCUT2D eigenvalue weighted by Gasteiger charge is -2.29. The highest BCUT2D eigenvalue weighted by atomic mass is 35.5. The lowest BCUT2D eigenvalue weighted by Crippen LogP contribution is -2.49. The lowest BCUT2D eigenvalue weighted by molar-refractivity contribution is -0.142. The maximum Gasteiger partial charge on any atom is 0.261 e. The van der Waals surface area contributed by atoms with Crippen molar-refractivity contribution in [3.05, 3.63) is 63.1 Å². The molecular weight excluding hydrogens is 447 g/mol. The van der Waals surface area contributed by atoms with Crippen molar-refractivity contribution in [2.24, 2.45) is 5.92 Å². The summed E-state index contributed by atoms with van der Waals surface area (Å²) in [7, 11) is 0. The zero-order valence-electron chi connectivity index (χ0n) is 17.1. The van der Waals surface area contributed by atoms with Crippen LogP contribution in [0.1, 0.15) is 26.3 Å². The van der Waals surface area contributed by atoms with Crippen LogP contribution in [0.2, 0.25) is 15.1 Å². The average molecular weight is 472 g/mol. The van der Waals surface area contributed by atoms with Crippen LogP contribution >= 0.6 is 34.8 Å². The first-order chi connectivity index (χ1) is 14.2. The number of amides is 2. The van der Waals surface area contributed by atoms with Crippen molar-refractivity contribution < 1.29 is 14.3 Å². The molecule has 0 radical (unpaired) electrons. The molecule has 0 unspecified atom stereocenters. The summed E-state index contributed by atoms with van der Waals surface area (Å²) in [5.41, 5.74) is 0.848. The van der Waals surface area contributed by atoms with E-state index in [0.717, 1.165) is 5.56 Å². The van der Waals surface area contributed by atoms with Crippen LogP contribution in [0.25, 0.3) is 0 Å². The Balaban J connectivity index is 2.14. The third-order valence-corrected chi connectivity index (χ3v) is 5.15. The zero-order valence-corrected chi connectivity index (χ0v) is 19.4. The van der Waals surface area contributed by atoms with Crippen LogP contribution in [0.15, 0.2) is 42.5 Å². The molecule has 0 saturated carbocycles. The Morgan fingerprint density at radius 2 is 1.63 bits per heavy atom. The second-order valence-electron chi connectivity index (χ2n) is 7.33. The molecule has 0 bridgehead atoms. The molecule has 5 nitrogen and oxygen atoms in total. The topological polar surface area (TPSA) is 58.6 Å². The molecule has 0 spiro atoms. The number of rotatable bonds is 9. The van der Waals surface area contributed by atoms with Crippen molar-refractivity contribution >= 4 is 46.6 Å². The number of nitrogens with one attached hydrogen (secondary N) is 1. The van der Waals surface area contributed by atoms with E-state index in [1.54, 1.807) is 31.2 Å². The van der Waals surface area contributed by atoms with Gasteiger partial charge in [-0.25, -0.2) is 0 Å². The van der Waals surface area contributed by atoms with Gasteiger partial charge >= 0.3 is 0 Å². The fourth-order valence-electron chi connectivity index (χ4n) is 2.64. The second-order valence-corrected chi connectivity index (χ2v) is 8.61. The number of halogens is 3. The van der Waals surface area contributed by atoms with Crippen molar-refractivity contribution in [2.45, 2.75) is 33.4 Å². The Morgan fingerprint density at radius 1 is 1.00 bits per heavy atom. The first-order valence-corrected chi connectivity index (χ1v) is 10.7. The molecule has 0 aliphatic rings. The van der Waals surface area contributed by atoms with Crippen LogP contribution in [-0.4, -0.2) is 35.9 Å². The molecule has 2 rings (SSSR count). The van der Waals surface area contributed by atoms with Gasteiger partial charge in [-0.3, -0.25) is 9.59 Å². The number of carbonyl (C=O) groups excluding carboxylic acids is 2. The van der Waals surface area contributed by atoms with Gasteiger partial charge in [0.05, 0.1) is 5.02 Å². The Labute approximate surface area is 192 Å². The van der Waals surface area contributed by atoms with E-state index in [9.17, 15) is 9.59 Å². The molecule has 30 heavy (non-hydrogen) atoms. The Kier molecular flexibility index (Phi) is 9.28. The summed E-state index contributed by atoms with van der Waals surface area (Å²) >= 11 is 18.0. The molecule has 0 saturated heterocycles. The Hall–Kier alpha value is -1.95. The number of carbonyl (C=O) groups is 2. The normalized spacial score (nSPS) is 11.8. The quantitative estimate of drug-likeness (QED) is 0.546. The van der Waals surface area contributed by atoms with Gasteiger partial charge in [0.2, 0.25) is 5.91 Å². The summed E-state index contributed by atoms with van der Waals surface area (Å²) in [5, 5.41) is 4.25. The predicted octanol–water partition coefficient (Wildman–Crippen LogP) is 5.22. The Morgan fingerprint density at radius 3 is 2.23 bits per heavy atom. The van der Waals surface area contributed by atoms with E-state index in [-0.39, 0.29) is 25.0 Å². The van der Waals surface area contributed by atoms with Crippen molar-refractivity contribution in [3.63, 3.8) is 0 Å². The molecule has 0 aromatic heterocycles. The van der Waals surface area contributed by atoms with Gasteiger partial charge in [-0.1, -0.05) is 60.8 Å². The summed E-state index contributed by atoms with van der Waals surface area (Å²) in [4.78, 5) is 27.1. The van der Waals surface area contributed by atoms with Gasteiger partial charge in [-0.2, -0.15) is 0 Å². The fraction of sp³-hybridized carbons (Fsp3) is 0.364.